The van der Waals surface area contributed by atoms with Crippen LogP contribution in [0.4, 0.5) is 26.3 Å². The number of rotatable bonds is 8. The van der Waals surface area contributed by atoms with Gasteiger partial charge < -0.3 is 4.74 Å². The maximum absolute atomic E-state index is 13.9. The Morgan fingerprint density at radius 2 is 1.43 bits per heavy atom. The lowest BCUT2D eigenvalue weighted by Crippen LogP contribution is -2.22. The van der Waals surface area contributed by atoms with E-state index in [1.165, 1.54) is 45.1 Å². The molecule has 1 aliphatic carbocycles. The molecule has 3 rings (SSSR count). The smallest absolute Gasteiger partial charge is 0.420 e. The molecule has 0 unspecified atom stereocenters. The number of ether oxygens (including phenoxy) is 1. The van der Waals surface area contributed by atoms with E-state index in [1.807, 2.05) is 24.3 Å². The van der Waals surface area contributed by atoms with Crippen molar-refractivity contribution in [2.24, 2.45) is 5.92 Å². The molecule has 194 valence electrons. The van der Waals surface area contributed by atoms with Crippen molar-refractivity contribution in [3.05, 3.63) is 63.7 Å². The molecule has 1 aliphatic rings. The predicted octanol–water partition coefficient (Wildman–Crippen LogP) is 9.29. The van der Waals surface area contributed by atoms with Crippen LogP contribution in [-0.2, 0) is 25.2 Å². The molecule has 0 atom stereocenters. The van der Waals surface area contributed by atoms with Crippen LogP contribution in [0.5, 0.6) is 5.75 Å². The van der Waals surface area contributed by atoms with Crippen molar-refractivity contribution in [2.45, 2.75) is 90.4 Å². The Balaban J connectivity index is 1.82. The van der Waals surface area contributed by atoms with Crippen molar-refractivity contribution >= 4 is 0 Å². The molecule has 0 amide bonds. The van der Waals surface area contributed by atoms with Gasteiger partial charge in [0.15, 0.2) is 0 Å². The molecule has 0 N–H and O–H groups in total. The summed E-state index contributed by atoms with van der Waals surface area (Å²) >= 11 is 0. The van der Waals surface area contributed by atoms with E-state index in [4.69, 9.17) is 4.74 Å². The number of alkyl halides is 6. The molecule has 1 fully saturated rings. The SMILES string of the molecule is CCCC1CCC(c2ccc(CCc3c(C)cc(OCC)c(C(F)(F)F)c3C(F)(F)F)cc2)CC1. The van der Waals surface area contributed by atoms with Crippen molar-refractivity contribution in [3.63, 3.8) is 0 Å². The molecule has 1 saturated carbocycles. The number of hydrogen-bond acceptors (Lipinski definition) is 1. The Bertz CT molecular complexity index is 967. The minimum absolute atomic E-state index is 0.141. The van der Waals surface area contributed by atoms with Crippen LogP contribution in [0.2, 0.25) is 0 Å². The molecule has 2 aromatic carbocycles. The van der Waals surface area contributed by atoms with Gasteiger partial charge in [0, 0.05) is 0 Å². The molecule has 0 heterocycles. The van der Waals surface area contributed by atoms with Gasteiger partial charge in [0.25, 0.3) is 0 Å². The van der Waals surface area contributed by atoms with Crippen LogP contribution in [0.1, 0.15) is 91.7 Å². The van der Waals surface area contributed by atoms with Gasteiger partial charge in [0.1, 0.15) is 11.3 Å². The molecule has 1 nitrogen and oxygen atoms in total. The van der Waals surface area contributed by atoms with E-state index in [-0.39, 0.29) is 30.6 Å². The Kier molecular flexibility index (Phi) is 8.81. The van der Waals surface area contributed by atoms with Gasteiger partial charge in [-0.25, -0.2) is 0 Å². The molecule has 0 spiro atoms. The highest BCUT2D eigenvalue weighted by molar-refractivity contribution is 5.52. The molecule has 2 aromatic rings. The summed E-state index contributed by atoms with van der Waals surface area (Å²) in [6, 6.07) is 8.92. The first-order chi connectivity index (χ1) is 16.5. The third-order valence-electron chi connectivity index (χ3n) is 7.15. The summed E-state index contributed by atoms with van der Waals surface area (Å²) in [6.07, 6.45) is -3.05. The molecule has 35 heavy (non-hydrogen) atoms. The molecule has 0 bridgehead atoms. The van der Waals surface area contributed by atoms with E-state index < -0.39 is 29.2 Å². The maximum atomic E-state index is 13.9. The minimum atomic E-state index is -5.18. The second-order valence-corrected chi connectivity index (χ2v) is 9.60. The molecular formula is C28H34F6O. The van der Waals surface area contributed by atoms with Gasteiger partial charge in [0.2, 0.25) is 0 Å². The highest BCUT2D eigenvalue weighted by Gasteiger charge is 2.47. The zero-order valence-electron chi connectivity index (χ0n) is 20.6. The quantitative estimate of drug-likeness (QED) is 0.328. The van der Waals surface area contributed by atoms with E-state index in [0.717, 1.165) is 30.4 Å². The van der Waals surface area contributed by atoms with Crippen molar-refractivity contribution < 1.29 is 31.1 Å². The number of hydrogen-bond donors (Lipinski definition) is 0. The molecular weight excluding hydrogens is 466 g/mol. The summed E-state index contributed by atoms with van der Waals surface area (Å²) in [4.78, 5) is 0. The van der Waals surface area contributed by atoms with Gasteiger partial charge in [0.05, 0.1) is 12.2 Å². The van der Waals surface area contributed by atoms with Gasteiger partial charge in [-0.2, -0.15) is 26.3 Å². The highest BCUT2D eigenvalue weighted by Crippen LogP contribution is 2.48. The molecule has 0 saturated heterocycles. The van der Waals surface area contributed by atoms with Gasteiger partial charge >= 0.3 is 12.4 Å². The zero-order valence-corrected chi connectivity index (χ0v) is 20.6. The summed E-state index contributed by atoms with van der Waals surface area (Å²) in [5, 5.41) is 0. The van der Waals surface area contributed by atoms with Crippen molar-refractivity contribution in [1.82, 2.24) is 0 Å². The zero-order chi connectivity index (χ0) is 25.8. The topological polar surface area (TPSA) is 9.23 Å². The fraction of sp³-hybridized carbons (Fsp3) is 0.571. The van der Waals surface area contributed by atoms with E-state index >= 15 is 0 Å². The lowest BCUT2D eigenvalue weighted by atomic mass is 9.77. The van der Waals surface area contributed by atoms with Gasteiger partial charge in [-0.05, 0) is 92.5 Å². The van der Waals surface area contributed by atoms with Crippen LogP contribution in [0, 0.1) is 12.8 Å². The average molecular weight is 501 g/mol. The van der Waals surface area contributed by atoms with Crippen LogP contribution in [-0.4, -0.2) is 6.61 Å². The van der Waals surface area contributed by atoms with Crippen LogP contribution in [0.3, 0.4) is 0 Å². The Morgan fingerprint density at radius 1 is 0.829 bits per heavy atom. The summed E-state index contributed by atoms with van der Waals surface area (Å²) in [7, 11) is 0. The third kappa shape index (κ3) is 6.73. The first-order valence-corrected chi connectivity index (χ1v) is 12.5. The number of halogens is 6. The fourth-order valence-corrected chi connectivity index (χ4v) is 5.43. The Labute approximate surface area is 203 Å². The molecule has 0 aromatic heterocycles. The van der Waals surface area contributed by atoms with E-state index in [1.54, 1.807) is 0 Å². The van der Waals surface area contributed by atoms with E-state index in [2.05, 4.69) is 6.92 Å². The van der Waals surface area contributed by atoms with Crippen LogP contribution in [0.25, 0.3) is 0 Å². The van der Waals surface area contributed by atoms with Gasteiger partial charge in [-0.1, -0.05) is 44.0 Å². The number of aryl methyl sites for hydroxylation is 2. The predicted molar refractivity (Wildman–Crippen MR) is 126 cm³/mol. The van der Waals surface area contributed by atoms with Gasteiger partial charge in [-0.3, -0.25) is 0 Å². The summed E-state index contributed by atoms with van der Waals surface area (Å²) < 4.78 is 88.0. The monoisotopic (exact) mass is 500 g/mol. The first-order valence-electron chi connectivity index (χ1n) is 12.5. The number of benzene rings is 2. The first kappa shape index (κ1) is 27.4. The molecule has 7 heteroatoms. The normalized spacial score (nSPS) is 19.1. The van der Waals surface area contributed by atoms with Crippen LogP contribution >= 0.6 is 0 Å². The molecule has 0 radical (unpaired) electrons. The van der Waals surface area contributed by atoms with Crippen molar-refractivity contribution in [3.8, 4) is 5.75 Å². The largest absolute Gasteiger partial charge is 0.493 e. The van der Waals surface area contributed by atoms with Crippen molar-refractivity contribution in [2.75, 3.05) is 6.61 Å². The second kappa shape index (κ2) is 11.3. The fourth-order valence-electron chi connectivity index (χ4n) is 5.43. The Hall–Kier alpha value is -2.18. The third-order valence-corrected chi connectivity index (χ3v) is 7.15. The molecule has 0 aliphatic heterocycles. The Morgan fingerprint density at radius 3 is 1.94 bits per heavy atom. The van der Waals surface area contributed by atoms with Crippen LogP contribution in [0.15, 0.2) is 30.3 Å². The standard InChI is InChI=1S/C28H34F6O/c1-4-6-19-7-12-21(13-8-19)22-14-9-20(10-15-22)11-16-23-18(3)17-24(35-5-2)26(28(32,33)34)25(23)27(29,30)31/h9-10,14-15,17,19,21H,4-8,11-13,16H2,1-3H3. The van der Waals surface area contributed by atoms with Crippen LogP contribution < -0.4 is 4.74 Å². The summed E-state index contributed by atoms with van der Waals surface area (Å²) in [5.41, 5.74) is -1.50. The average Bonchev–Trinajstić information content (AvgIpc) is 2.78. The summed E-state index contributed by atoms with van der Waals surface area (Å²) in [6.45, 7) is 4.90. The van der Waals surface area contributed by atoms with Crippen molar-refractivity contribution in [1.29, 1.82) is 0 Å². The van der Waals surface area contributed by atoms with E-state index in [9.17, 15) is 26.3 Å². The summed E-state index contributed by atoms with van der Waals surface area (Å²) in [5.74, 6) is 0.528. The lowest BCUT2D eigenvalue weighted by molar-refractivity contribution is -0.163. The van der Waals surface area contributed by atoms with E-state index in [0.29, 0.717) is 5.92 Å². The lowest BCUT2D eigenvalue weighted by Gasteiger charge is -2.28. The highest BCUT2D eigenvalue weighted by atomic mass is 19.4. The maximum Gasteiger partial charge on any atom is 0.420 e. The minimum Gasteiger partial charge on any atom is -0.493 e. The second-order valence-electron chi connectivity index (χ2n) is 9.60. The van der Waals surface area contributed by atoms with Gasteiger partial charge in [-0.15, -0.1) is 0 Å².